The van der Waals surface area contributed by atoms with Gasteiger partial charge in [-0.25, -0.2) is 4.39 Å². The van der Waals surface area contributed by atoms with Crippen LogP contribution in [0, 0.1) is 5.82 Å². The van der Waals surface area contributed by atoms with E-state index in [4.69, 9.17) is 4.74 Å². The third-order valence-corrected chi connectivity index (χ3v) is 5.46. The number of fused-ring (bicyclic) bond motifs is 1. The molecule has 1 aromatic heterocycles. The van der Waals surface area contributed by atoms with Crippen molar-refractivity contribution in [2.24, 2.45) is 0 Å². The van der Waals surface area contributed by atoms with Crippen molar-refractivity contribution < 1.29 is 13.9 Å². The van der Waals surface area contributed by atoms with E-state index in [1.165, 1.54) is 6.07 Å². The summed E-state index contributed by atoms with van der Waals surface area (Å²) < 4.78 is 20.9. The highest BCUT2D eigenvalue weighted by Crippen LogP contribution is 2.20. The molecule has 7 heteroatoms. The zero-order valence-electron chi connectivity index (χ0n) is 16.6. The Hall–Kier alpha value is -2.93. The molecular weight excluding hydrogens is 371 g/mol. The highest BCUT2D eigenvalue weighted by molar-refractivity contribution is 5.81. The van der Waals surface area contributed by atoms with Crippen LogP contribution in [0.4, 0.5) is 4.39 Å². The molecule has 1 amide bonds. The first-order valence-corrected chi connectivity index (χ1v) is 9.87. The molecule has 1 aliphatic rings. The Balaban J connectivity index is 1.28. The lowest BCUT2D eigenvalue weighted by atomic mass is 10.2. The number of aryl methyl sites for hydroxylation is 1. The highest BCUT2D eigenvalue weighted by Gasteiger charge is 2.21. The van der Waals surface area contributed by atoms with Crippen LogP contribution >= 0.6 is 0 Å². The Morgan fingerprint density at radius 3 is 2.69 bits per heavy atom. The molecule has 6 nitrogen and oxygen atoms in total. The molecule has 152 valence electrons. The first-order valence-electron chi connectivity index (χ1n) is 9.87. The minimum absolute atomic E-state index is 0.132. The Bertz CT molecular complexity index is 995. The average Bonchev–Trinajstić information content (AvgIpc) is 3.16. The molecule has 2 heterocycles. The number of carbonyl (C=O) groups excluding carboxylic acids is 1. The Kier molecular flexibility index (Phi) is 5.76. The van der Waals surface area contributed by atoms with Gasteiger partial charge in [0.1, 0.15) is 11.6 Å². The van der Waals surface area contributed by atoms with Crippen molar-refractivity contribution in [2.45, 2.75) is 19.5 Å². The minimum Gasteiger partial charge on any atom is -0.497 e. The molecule has 0 aliphatic carbocycles. The summed E-state index contributed by atoms with van der Waals surface area (Å²) in [6, 6.07) is 12.7. The number of piperazine rings is 1. The molecule has 0 radical (unpaired) electrons. The molecule has 0 N–H and O–H groups in total. The molecular formula is C22H25FN4O2. The topological polar surface area (TPSA) is 50.6 Å². The Morgan fingerprint density at radius 1 is 1.14 bits per heavy atom. The molecule has 2 aromatic carbocycles. The van der Waals surface area contributed by atoms with Crippen molar-refractivity contribution in [1.82, 2.24) is 19.6 Å². The SMILES string of the molecule is COc1ccc2c(cnn2CCC(=O)N2CCN(Cc3ccccc3F)CC2)c1. The van der Waals surface area contributed by atoms with Gasteiger partial charge in [0.2, 0.25) is 5.91 Å². The summed E-state index contributed by atoms with van der Waals surface area (Å²) in [7, 11) is 1.64. The molecule has 29 heavy (non-hydrogen) atoms. The van der Waals surface area contributed by atoms with Crippen LogP contribution in [0.2, 0.25) is 0 Å². The van der Waals surface area contributed by atoms with E-state index in [0.29, 0.717) is 38.2 Å². The van der Waals surface area contributed by atoms with Gasteiger partial charge >= 0.3 is 0 Å². The summed E-state index contributed by atoms with van der Waals surface area (Å²) in [6.07, 6.45) is 2.21. The van der Waals surface area contributed by atoms with Gasteiger partial charge in [0, 0.05) is 50.1 Å². The van der Waals surface area contributed by atoms with Gasteiger partial charge < -0.3 is 9.64 Å². The molecule has 1 aliphatic heterocycles. The van der Waals surface area contributed by atoms with Crippen LogP contribution in [0.25, 0.3) is 10.9 Å². The summed E-state index contributed by atoms with van der Waals surface area (Å²) >= 11 is 0. The van der Waals surface area contributed by atoms with E-state index < -0.39 is 0 Å². The largest absolute Gasteiger partial charge is 0.497 e. The number of hydrogen-bond acceptors (Lipinski definition) is 4. The summed E-state index contributed by atoms with van der Waals surface area (Å²) in [6.45, 7) is 3.98. The zero-order chi connectivity index (χ0) is 20.2. The minimum atomic E-state index is -0.171. The number of aromatic nitrogens is 2. The molecule has 3 aromatic rings. The fourth-order valence-electron chi connectivity index (χ4n) is 3.75. The maximum atomic E-state index is 13.8. The van der Waals surface area contributed by atoms with E-state index >= 15 is 0 Å². The van der Waals surface area contributed by atoms with Crippen LogP contribution in [0.3, 0.4) is 0 Å². The molecule has 4 rings (SSSR count). The number of methoxy groups -OCH3 is 1. The summed E-state index contributed by atoms with van der Waals surface area (Å²) in [5, 5.41) is 5.40. The fourth-order valence-corrected chi connectivity index (χ4v) is 3.75. The predicted octanol–water partition coefficient (Wildman–Crippen LogP) is 2.92. The third kappa shape index (κ3) is 4.40. The first-order chi connectivity index (χ1) is 14.1. The maximum Gasteiger partial charge on any atom is 0.224 e. The average molecular weight is 396 g/mol. The van der Waals surface area contributed by atoms with Crippen LogP contribution in [0.15, 0.2) is 48.7 Å². The van der Waals surface area contributed by atoms with E-state index in [2.05, 4.69) is 10.00 Å². The molecule has 1 fully saturated rings. The van der Waals surface area contributed by atoms with E-state index in [1.54, 1.807) is 19.4 Å². The van der Waals surface area contributed by atoms with Crippen molar-refractivity contribution in [1.29, 1.82) is 0 Å². The van der Waals surface area contributed by atoms with E-state index in [-0.39, 0.29) is 11.7 Å². The van der Waals surface area contributed by atoms with E-state index in [1.807, 2.05) is 39.9 Å². The van der Waals surface area contributed by atoms with Gasteiger partial charge in [0.05, 0.1) is 25.4 Å². The van der Waals surface area contributed by atoms with Gasteiger partial charge in [0.15, 0.2) is 0 Å². The van der Waals surface area contributed by atoms with Gasteiger partial charge in [-0.3, -0.25) is 14.4 Å². The number of benzene rings is 2. The second-order valence-corrected chi connectivity index (χ2v) is 7.29. The standard InChI is InChI=1S/C22H25FN4O2/c1-29-19-6-7-21-18(14-19)15-24-27(21)9-8-22(28)26-12-10-25(11-13-26)16-17-4-2-3-5-20(17)23/h2-7,14-15H,8-13,16H2,1H3. The second-order valence-electron chi connectivity index (χ2n) is 7.29. The number of carbonyl (C=O) groups is 1. The van der Waals surface area contributed by atoms with Crippen molar-refractivity contribution in [3.8, 4) is 5.75 Å². The molecule has 0 spiro atoms. The number of amides is 1. The van der Waals surface area contributed by atoms with Gasteiger partial charge in [-0.15, -0.1) is 0 Å². The van der Waals surface area contributed by atoms with Gasteiger partial charge in [-0.1, -0.05) is 18.2 Å². The number of rotatable bonds is 6. The van der Waals surface area contributed by atoms with Crippen molar-refractivity contribution in [3.05, 3.63) is 60.0 Å². The zero-order valence-corrected chi connectivity index (χ0v) is 16.6. The summed E-state index contributed by atoms with van der Waals surface area (Å²) in [5.74, 6) is 0.754. The van der Waals surface area contributed by atoms with Gasteiger partial charge in [0.25, 0.3) is 0 Å². The lowest BCUT2D eigenvalue weighted by molar-refractivity contribution is -0.133. The van der Waals surface area contributed by atoms with Gasteiger partial charge in [-0.2, -0.15) is 5.10 Å². The third-order valence-electron chi connectivity index (χ3n) is 5.46. The van der Waals surface area contributed by atoms with Crippen LogP contribution in [0.1, 0.15) is 12.0 Å². The summed E-state index contributed by atoms with van der Waals surface area (Å²) in [4.78, 5) is 16.7. The normalized spacial score (nSPS) is 15.0. The van der Waals surface area contributed by atoms with Crippen LogP contribution in [-0.2, 0) is 17.9 Å². The Morgan fingerprint density at radius 2 is 1.93 bits per heavy atom. The molecule has 1 saturated heterocycles. The van der Waals surface area contributed by atoms with Crippen LogP contribution < -0.4 is 4.74 Å². The molecule has 0 saturated carbocycles. The van der Waals surface area contributed by atoms with E-state index in [9.17, 15) is 9.18 Å². The first kappa shape index (κ1) is 19.4. The smallest absolute Gasteiger partial charge is 0.224 e. The fraction of sp³-hybridized carbons (Fsp3) is 0.364. The number of ether oxygens (including phenoxy) is 1. The number of halogens is 1. The maximum absolute atomic E-state index is 13.8. The molecule has 0 atom stereocenters. The number of nitrogens with zero attached hydrogens (tertiary/aromatic N) is 4. The molecule has 0 bridgehead atoms. The van der Waals surface area contributed by atoms with Gasteiger partial charge in [-0.05, 0) is 24.3 Å². The number of hydrogen-bond donors (Lipinski definition) is 0. The monoisotopic (exact) mass is 396 g/mol. The van der Waals surface area contributed by atoms with Crippen molar-refractivity contribution in [2.75, 3.05) is 33.3 Å². The van der Waals surface area contributed by atoms with Crippen LogP contribution in [-0.4, -0.2) is 58.8 Å². The highest BCUT2D eigenvalue weighted by atomic mass is 19.1. The quantitative estimate of drug-likeness (QED) is 0.643. The molecule has 0 unspecified atom stereocenters. The van der Waals surface area contributed by atoms with Crippen molar-refractivity contribution in [3.63, 3.8) is 0 Å². The summed E-state index contributed by atoms with van der Waals surface area (Å²) in [5.41, 5.74) is 1.70. The van der Waals surface area contributed by atoms with Crippen LogP contribution in [0.5, 0.6) is 5.75 Å². The lowest BCUT2D eigenvalue weighted by Gasteiger charge is -2.34. The van der Waals surface area contributed by atoms with Crippen molar-refractivity contribution >= 4 is 16.8 Å². The predicted molar refractivity (Wildman–Crippen MR) is 109 cm³/mol. The second kappa shape index (κ2) is 8.61. The lowest BCUT2D eigenvalue weighted by Crippen LogP contribution is -2.48. The Labute approximate surface area is 169 Å². The van der Waals surface area contributed by atoms with E-state index in [0.717, 1.165) is 29.7 Å².